The Morgan fingerprint density at radius 3 is 2.81 bits per heavy atom. The van der Waals surface area contributed by atoms with E-state index in [1.165, 1.54) is 0 Å². The molecule has 0 saturated heterocycles. The summed E-state index contributed by atoms with van der Waals surface area (Å²) < 4.78 is 2.86. The van der Waals surface area contributed by atoms with Crippen molar-refractivity contribution in [1.82, 2.24) is 3.56 Å². The van der Waals surface area contributed by atoms with Crippen LogP contribution in [0.15, 0.2) is 29.1 Å². The zero-order valence-electron chi connectivity index (χ0n) is 8.55. The Morgan fingerprint density at radius 1 is 1.38 bits per heavy atom. The van der Waals surface area contributed by atoms with Crippen molar-refractivity contribution in [1.29, 1.82) is 0 Å². The van der Waals surface area contributed by atoms with Gasteiger partial charge in [-0.2, -0.15) is 0 Å². The third kappa shape index (κ3) is 2.26. The number of nitrogens with zero attached hydrogens (tertiary/aromatic N) is 1. The van der Waals surface area contributed by atoms with Crippen LogP contribution < -0.4 is 5.56 Å². The minimum atomic E-state index is -0.809. The molecule has 0 unspecified atom stereocenters. The Hall–Kier alpha value is -1.32. The topological polar surface area (TPSA) is 59.3 Å². The van der Waals surface area contributed by atoms with Crippen molar-refractivity contribution >= 4 is 30.3 Å². The number of rotatable bonds is 4. The quantitative estimate of drug-likeness (QED) is 0.849. The number of hydrogen-bond acceptors (Lipinski definition) is 2. The Balaban J connectivity index is 2.22. The fraction of sp³-hybridized carbons (Fsp3) is 0.273. The van der Waals surface area contributed by atoms with Crippen LogP contribution in [0.1, 0.15) is 12.8 Å². The molecule has 1 aromatic carbocycles. The molecule has 0 spiro atoms. The number of fused-ring (bicyclic) bond motifs is 1. The number of carbonyl (C=O) groups is 1. The van der Waals surface area contributed by atoms with Gasteiger partial charge in [0.1, 0.15) is 0 Å². The van der Waals surface area contributed by atoms with E-state index in [0.717, 1.165) is 9.65 Å². The van der Waals surface area contributed by atoms with Crippen LogP contribution in [0, 0.1) is 0 Å². The Morgan fingerprint density at radius 2 is 2.12 bits per heavy atom. The second-order valence-corrected chi connectivity index (χ2v) is 5.72. The van der Waals surface area contributed by atoms with Crippen LogP contribution in [-0.4, -0.2) is 29.4 Å². The Labute approximate surface area is 98.1 Å². The summed E-state index contributed by atoms with van der Waals surface area (Å²) in [5.41, 5.74) is 0.0426. The molecule has 1 heterocycles. The summed E-state index contributed by atoms with van der Waals surface area (Å²) in [4.78, 5) is 22.2. The molecule has 5 heteroatoms. The summed E-state index contributed by atoms with van der Waals surface area (Å²) in [6.07, 6.45) is 0.646. The van der Waals surface area contributed by atoms with Crippen molar-refractivity contribution in [3.05, 3.63) is 34.6 Å². The molecule has 84 valence electrons. The number of benzene rings is 1. The fourth-order valence-corrected chi connectivity index (χ4v) is 3.70. The van der Waals surface area contributed by atoms with Gasteiger partial charge in [-0.05, 0) is 0 Å². The van der Waals surface area contributed by atoms with Crippen molar-refractivity contribution in [3.63, 3.8) is 0 Å². The van der Waals surface area contributed by atoms with Crippen LogP contribution in [0.25, 0.3) is 9.65 Å². The minimum absolute atomic E-state index is 0.0200. The molecule has 1 aromatic heterocycles. The molecule has 0 aliphatic carbocycles. The van der Waals surface area contributed by atoms with Crippen LogP contribution in [0.4, 0.5) is 0 Å². The van der Waals surface area contributed by atoms with Gasteiger partial charge in [-0.25, -0.2) is 0 Å². The maximum atomic E-state index is 11.9. The third-order valence-corrected chi connectivity index (χ3v) is 4.66. The number of carboxylic acids is 1. The van der Waals surface area contributed by atoms with Crippen LogP contribution >= 0.6 is 0 Å². The second-order valence-electron chi connectivity index (χ2n) is 3.49. The molecule has 0 fully saturated rings. The predicted octanol–water partition coefficient (Wildman–Crippen LogP) is 0.923. The van der Waals surface area contributed by atoms with Gasteiger partial charge in [0, 0.05) is 0 Å². The van der Waals surface area contributed by atoms with Crippen LogP contribution in [-0.2, 0) is 11.3 Å². The van der Waals surface area contributed by atoms with Gasteiger partial charge in [-0.1, -0.05) is 0 Å². The molecule has 0 bridgehead atoms. The van der Waals surface area contributed by atoms with E-state index in [1.807, 2.05) is 24.3 Å². The summed E-state index contributed by atoms with van der Waals surface area (Å²) in [5.74, 6) is -0.809. The molecule has 2 rings (SSSR count). The molecule has 0 aliphatic heterocycles. The molecule has 0 saturated carbocycles. The number of aryl methyl sites for hydroxylation is 1. The number of hydrogen-bond donors (Lipinski definition) is 1. The van der Waals surface area contributed by atoms with Gasteiger partial charge in [0.15, 0.2) is 0 Å². The Kier molecular flexibility index (Phi) is 3.27. The van der Waals surface area contributed by atoms with Crippen molar-refractivity contribution in [2.75, 3.05) is 0 Å². The average Bonchev–Trinajstić information content (AvgIpc) is 2.56. The molecule has 16 heavy (non-hydrogen) atoms. The third-order valence-electron chi connectivity index (χ3n) is 2.30. The summed E-state index contributed by atoms with van der Waals surface area (Å²) in [5, 5.41) is 9.30. The first-order valence-electron chi connectivity index (χ1n) is 4.99. The van der Waals surface area contributed by atoms with Crippen LogP contribution in [0.3, 0.4) is 0 Å². The van der Waals surface area contributed by atoms with E-state index in [0.29, 0.717) is 13.0 Å². The van der Waals surface area contributed by atoms with E-state index < -0.39 is 5.97 Å². The molecule has 0 aliphatic rings. The monoisotopic (exact) mass is 285 g/mol. The van der Waals surface area contributed by atoms with Gasteiger partial charge in [-0.15, -0.1) is 0 Å². The molecule has 1 N–H and O–H groups in total. The zero-order chi connectivity index (χ0) is 11.5. The van der Waals surface area contributed by atoms with Crippen molar-refractivity contribution in [2.45, 2.75) is 19.4 Å². The second kappa shape index (κ2) is 4.68. The van der Waals surface area contributed by atoms with Gasteiger partial charge < -0.3 is 0 Å². The number of aromatic nitrogens is 1. The molecule has 0 radical (unpaired) electrons. The molecular weight excluding hydrogens is 273 g/mol. The van der Waals surface area contributed by atoms with E-state index in [2.05, 4.69) is 0 Å². The molecule has 2 aromatic rings. The van der Waals surface area contributed by atoms with Gasteiger partial charge >= 0.3 is 97.8 Å². The van der Waals surface area contributed by atoms with E-state index in [4.69, 9.17) is 5.11 Å². The molecule has 4 nitrogen and oxygen atoms in total. The standard InChI is InChI=1S/C11H11NO3Se/c13-10(14)6-3-7-12-11(15)8-4-1-2-5-9(8)16-12/h1-2,4-5H,3,6-7H2,(H,13,14). The maximum absolute atomic E-state index is 11.9. The summed E-state index contributed by atoms with van der Waals surface area (Å²) in [6, 6.07) is 7.57. The predicted molar refractivity (Wildman–Crippen MR) is 62.0 cm³/mol. The van der Waals surface area contributed by atoms with Crippen molar-refractivity contribution in [2.24, 2.45) is 0 Å². The van der Waals surface area contributed by atoms with Crippen molar-refractivity contribution in [3.8, 4) is 0 Å². The van der Waals surface area contributed by atoms with E-state index >= 15 is 0 Å². The van der Waals surface area contributed by atoms with Gasteiger partial charge in [0.25, 0.3) is 0 Å². The van der Waals surface area contributed by atoms with E-state index in [-0.39, 0.29) is 26.7 Å². The summed E-state index contributed by atoms with van der Waals surface area (Å²) in [7, 11) is 0. The van der Waals surface area contributed by atoms with Gasteiger partial charge in [0.2, 0.25) is 0 Å². The fourth-order valence-electron chi connectivity index (χ4n) is 1.54. The first kappa shape index (κ1) is 11.2. The number of carboxylic acid groups (broad SMARTS) is 1. The summed E-state index contributed by atoms with van der Waals surface area (Å²) >= 11 is 0.0200. The van der Waals surface area contributed by atoms with Crippen molar-refractivity contribution < 1.29 is 9.90 Å². The first-order chi connectivity index (χ1) is 7.68. The first-order valence-corrected chi connectivity index (χ1v) is 6.61. The molecule has 0 atom stereocenters. The van der Waals surface area contributed by atoms with E-state index in [1.54, 1.807) is 3.56 Å². The molecular formula is C11H11NO3Se. The zero-order valence-corrected chi connectivity index (χ0v) is 10.3. The Bertz CT molecular complexity index is 570. The van der Waals surface area contributed by atoms with Crippen LogP contribution in [0.5, 0.6) is 0 Å². The normalized spacial score (nSPS) is 10.8. The average molecular weight is 284 g/mol. The van der Waals surface area contributed by atoms with Gasteiger partial charge in [0.05, 0.1) is 0 Å². The SMILES string of the molecule is O=C(O)CCCn1[se]c2ccccc2c1=O. The van der Waals surface area contributed by atoms with Gasteiger partial charge in [-0.3, -0.25) is 0 Å². The summed E-state index contributed by atoms with van der Waals surface area (Å²) in [6.45, 7) is 0.541. The molecule has 0 amide bonds. The van der Waals surface area contributed by atoms with Crippen LogP contribution in [0.2, 0.25) is 0 Å². The van der Waals surface area contributed by atoms with E-state index in [9.17, 15) is 9.59 Å². The number of aliphatic carboxylic acids is 1.